The van der Waals surface area contributed by atoms with Crippen LogP contribution in [0.5, 0.6) is 5.75 Å². The second-order valence-corrected chi connectivity index (χ2v) is 9.56. The zero-order valence-corrected chi connectivity index (χ0v) is 17.4. The smallest absolute Gasteiger partial charge is 0.224 e. The zero-order valence-electron chi connectivity index (χ0n) is 16.6. The van der Waals surface area contributed by atoms with Crippen molar-refractivity contribution in [2.75, 3.05) is 25.4 Å². The van der Waals surface area contributed by atoms with Gasteiger partial charge in [-0.1, -0.05) is 12.1 Å². The molecule has 0 spiro atoms. The summed E-state index contributed by atoms with van der Waals surface area (Å²) in [6.45, 7) is 7.07. The number of hydrogen-bond acceptors (Lipinski definition) is 4. The minimum Gasteiger partial charge on any atom is -0.491 e. The van der Waals surface area contributed by atoms with Gasteiger partial charge in [0.1, 0.15) is 5.75 Å². The van der Waals surface area contributed by atoms with E-state index in [4.69, 9.17) is 4.74 Å². The molecule has 0 bridgehead atoms. The summed E-state index contributed by atoms with van der Waals surface area (Å²) in [6.07, 6.45) is 3.37. The number of aryl methyl sites for hydroxylation is 1. The lowest BCUT2D eigenvalue weighted by Gasteiger charge is -2.30. The van der Waals surface area contributed by atoms with Crippen molar-refractivity contribution in [2.45, 2.75) is 52.6 Å². The van der Waals surface area contributed by atoms with Gasteiger partial charge in [-0.15, -0.1) is 0 Å². The fraction of sp³-hybridized carbons (Fsp3) is 0.650. The molecule has 0 saturated carbocycles. The average molecular weight is 397 g/mol. The summed E-state index contributed by atoms with van der Waals surface area (Å²) in [6, 6.07) is 8.04. The maximum atomic E-state index is 12.4. The summed E-state index contributed by atoms with van der Waals surface area (Å²) < 4.78 is 31.1. The molecule has 7 heteroatoms. The molecule has 27 heavy (non-hydrogen) atoms. The third-order valence-electron chi connectivity index (χ3n) is 4.75. The van der Waals surface area contributed by atoms with E-state index in [1.54, 1.807) is 6.92 Å². The van der Waals surface area contributed by atoms with Crippen molar-refractivity contribution in [3.05, 3.63) is 29.8 Å². The molecule has 6 nitrogen and oxygen atoms in total. The van der Waals surface area contributed by atoms with Gasteiger partial charge in [0.05, 0.1) is 17.8 Å². The highest BCUT2D eigenvalue weighted by atomic mass is 32.2. The maximum absolute atomic E-state index is 12.4. The topological polar surface area (TPSA) is 75.7 Å². The molecule has 152 valence electrons. The molecule has 1 aromatic carbocycles. The third-order valence-corrected chi connectivity index (χ3v) is 6.60. The second-order valence-electron chi connectivity index (χ2n) is 7.30. The number of piperidine rings is 1. The van der Waals surface area contributed by atoms with E-state index in [0.29, 0.717) is 19.6 Å². The average Bonchev–Trinajstić information content (AvgIpc) is 2.66. The summed E-state index contributed by atoms with van der Waals surface area (Å²) in [4.78, 5) is 12.4. The van der Waals surface area contributed by atoms with Gasteiger partial charge in [-0.25, -0.2) is 12.7 Å². The van der Waals surface area contributed by atoms with E-state index < -0.39 is 10.0 Å². The first-order chi connectivity index (χ1) is 12.8. The molecule has 1 aliphatic rings. The van der Waals surface area contributed by atoms with Gasteiger partial charge in [0, 0.05) is 19.6 Å². The first kappa shape index (κ1) is 21.7. The van der Waals surface area contributed by atoms with E-state index in [2.05, 4.69) is 5.32 Å². The van der Waals surface area contributed by atoms with Crippen molar-refractivity contribution in [2.24, 2.45) is 5.92 Å². The van der Waals surface area contributed by atoms with Gasteiger partial charge in [-0.05, 0) is 64.2 Å². The van der Waals surface area contributed by atoms with Crippen molar-refractivity contribution in [3.63, 3.8) is 0 Å². The first-order valence-electron chi connectivity index (χ1n) is 9.83. The number of carbonyl (C=O) groups excluding carboxylic acids is 1. The number of nitrogens with zero attached hydrogens (tertiary/aromatic N) is 1. The van der Waals surface area contributed by atoms with Crippen LogP contribution in [0.4, 0.5) is 0 Å². The van der Waals surface area contributed by atoms with Crippen LogP contribution >= 0.6 is 0 Å². The van der Waals surface area contributed by atoms with E-state index in [-0.39, 0.29) is 23.7 Å². The van der Waals surface area contributed by atoms with Crippen LogP contribution in [0, 0.1) is 5.92 Å². The molecule has 0 aromatic heterocycles. The van der Waals surface area contributed by atoms with Crippen molar-refractivity contribution in [1.82, 2.24) is 9.62 Å². The Balaban J connectivity index is 1.72. The standard InChI is InChI=1S/C20H32N2O4S/c1-4-27(24,25)22-14-6-8-18(15-22)20(23)21-13-5-7-17-9-11-19(12-10-17)26-16(2)3/h9-12,16,18H,4-8,13-15H2,1-3H3,(H,21,23). The molecule has 1 saturated heterocycles. The van der Waals surface area contributed by atoms with Crippen molar-refractivity contribution < 1.29 is 17.9 Å². The largest absolute Gasteiger partial charge is 0.491 e. The highest BCUT2D eigenvalue weighted by Gasteiger charge is 2.31. The molecule has 1 heterocycles. The van der Waals surface area contributed by atoms with Gasteiger partial charge in [0.2, 0.25) is 15.9 Å². The normalized spacial score (nSPS) is 18.4. The Bertz CT molecular complexity index is 701. The predicted octanol–water partition coefficient (Wildman–Crippen LogP) is 2.58. The SMILES string of the molecule is CCS(=O)(=O)N1CCCC(C(=O)NCCCc2ccc(OC(C)C)cc2)C1. The minimum atomic E-state index is -3.22. The highest BCUT2D eigenvalue weighted by Crippen LogP contribution is 2.20. The van der Waals surface area contributed by atoms with Crippen molar-refractivity contribution in [3.8, 4) is 5.75 Å². The number of amides is 1. The first-order valence-corrected chi connectivity index (χ1v) is 11.4. The summed E-state index contributed by atoms with van der Waals surface area (Å²) in [5.41, 5.74) is 1.21. The van der Waals surface area contributed by atoms with Crippen LogP contribution in [0.25, 0.3) is 0 Å². The number of benzene rings is 1. The Morgan fingerprint density at radius 1 is 1.30 bits per heavy atom. The Labute approximate surface area is 163 Å². The molecule has 1 N–H and O–H groups in total. The van der Waals surface area contributed by atoms with Crippen LogP contribution in [0.15, 0.2) is 24.3 Å². The second kappa shape index (κ2) is 10.1. The molecule has 1 fully saturated rings. The lowest BCUT2D eigenvalue weighted by molar-refractivity contribution is -0.126. The molecule has 0 radical (unpaired) electrons. The molecule has 2 rings (SSSR count). The van der Waals surface area contributed by atoms with Crippen LogP contribution in [-0.2, 0) is 21.2 Å². The van der Waals surface area contributed by atoms with Crippen LogP contribution in [0.2, 0.25) is 0 Å². The van der Waals surface area contributed by atoms with Gasteiger partial charge in [0.25, 0.3) is 0 Å². The van der Waals surface area contributed by atoms with Crippen molar-refractivity contribution >= 4 is 15.9 Å². The predicted molar refractivity (Wildman–Crippen MR) is 107 cm³/mol. The number of hydrogen-bond donors (Lipinski definition) is 1. The Hall–Kier alpha value is -1.60. The molecule has 0 aliphatic carbocycles. The molecule has 1 unspecified atom stereocenters. The fourth-order valence-electron chi connectivity index (χ4n) is 3.25. The minimum absolute atomic E-state index is 0.0355. The number of carbonyl (C=O) groups is 1. The summed E-state index contributed by atoms with van der Waals surface area (Å²) in [7, 11) is -3.22. The van der Waals surface area contributed by atoms with E-state index in [9.17, 15) is 13.2 Å². The Kier molecular flexibility index (Phi) is 8.10. The monoisotopic (exact) mass is 396 g/mol. The molecule has 1 aliphatic heterocycles. The third kappa shape index (κ3) is 6.81. The molecular weight excluding hydrogens is 364 g/mol. The van der Waals surface area contributed by atoms with E-state index in [1.807, 2.05) is 38.1 Å². The molecule has 1 amide bonds. The maximum Gasteiger partial charge on any atom is 0.224 e. The summed E-state index contributed by atoms with van der Waals surface area (Å²) in [5.74, 6) is 0.674. The lowest BCUT2D eigenvalue weighted by atomic mass is 9.99. The number of ether oxygens (including phenoxy) is 1. The zero-order chi connectivity index (χ0) is 19.9. The van der Waals surface area contributed by atoms with Crippen LogP contribution in [0.1, 0.15) is 45.6 Å². The van der Waals surface area contributed by atoms with Gasteiger partial charge < -0.3 is 10.1 Å². The molecule has 1 aromatic rings. The van der Waals surface area contributed by atoms with Gasteiger partial charge in [-0.2, -0.15) is 0 Å². The highest BCUT2D eigenvalue weighted by molar-refractivity contribution is 7.89. The molecular formula is C20H32N2O4S. The van der Waals surface area contributed by atoms with Gasteiger partial charge in [-0.3, -0.25) is 4.79 Å². The fourth-order valence-corrected chi connectivity index (χ4v) is 4.43. The quantitative estimate of drug-likeness (QED) is 0.651. The Morgan fingerprint density at radius 3 is 2.63 bits per heavy atom. The van der Waals surface area contributed by atoms with Gasteiger partial charge >= 0.3 is 0 Å². The lowest BCUT2D eigenvalue weighted by Crippen LogP contribution is -2.46. The van der Waals surface area contributed by atoms with Crippen LogP contribution in [0.3, 0.4) is 0 Å². The Morgan fingerprint density at radius 2 is 2.00 bits per heavy atom. The van der Waals surface area contributed by atoms with E-state index in [1.165, 1.54) is 9.87 Å². The van der Waals surface area contributed by atoms with Gasteiger partial charge in [0.15, 0.2) is 0 Å². The summed E-state index contributed by atoms with van der Waals surface area (Å²) in [5, 5.41) is 2.97. The number of nitrogens with one attached hydrogen (secondary N) is 1. The van der Waals surface area contributed by atoms with E-state index >= 15 is 0 Å². The summed E-state index contributed by atoms with van der Waals surface area (Å²) >= 11 is 0. The van der Waals surface area contributed by atoms with Crippen molar-refractivity contribution in [1.29, 1.82) is 0 Å². The van der Waals surface area contributed by atoms with Crippen LogP contribution < -0.4 is 10.1 Å². The van der Waals surface area contributed by atoms with Crippen LogP contribution in [-0.4, -0.2) is 50.1 Å². The number of rotatable bonds is 9. The van der Waals surface area contributed by atoms with E-state index in [0.717, 1.165) is 31.4 Å². The number of sulfonamides is 1. The molecule has 1 atom stereocenters.